The van der Waals surface area contributed by atoms with E-state index < -0.39 is 0 Å². The summed E-state index contributed by atoms with van der Waals surface area (Å²) in [6.45, 7) is 2.11. The summed E-state index contributed by atoms with van der Waals surface area (Å²) in [6.07, 6.45) is 0. The Balaban J connectivity index is 1.85. The van der Waals surface area contributed by atoms with Gasteiger partial charge in [-0.1, -0.05) is 17.3 Å². The number of para-hydroxylation sites is 1. The number of thioether (sulfide) groups is 1. The number of rotatable bonds is 5. The molecule has 0 fully saturated rings. The van der Waals surface area contributed by atoms with Crippen LogP contribution in [-0.2, 0) is 9.63 Å². The molecule has 0 amide bonds. The fourth-order valence-corrected chi connectivity index (χ4v) is 3.97. The zero-order chi connectivity index (χ0) is 16.2. The number of fused-ring (bicyclic) bond motifs is 1. The van der Waals surface area contributed by atoms with Crippen LogP contribution < -0.4 is 5.73 Å². The van der Waals surface area contributed by atoms with Crippen molar-refractivity contribution in [1.82, 2.24) is 14.3 Å². The number of anilines is 1. The number of aromatic nitrogens is 3. The first kappa shape index (κ1) is 15.8. The number of oxime groups is 1. The normalized spacial score (nSPS) is 11.8. The van der Waals surface area contributed by atoms with Gasteiger partial charge in [-0.25, -0.2) is 4.98 Å². The maximum absolute atomic E-state index is 12.5. The smallest absolute Gasteiger partial charge is 0.252 e. The van der Waals surface area contributed by atoms with Crippen LogP contribution in [0.1, 0.15) is 12.7 Å². The molecule has 2 N–H and O–H groups in total. The largest absolute Gasteiger partial charge is 0.395 e. The van der Waals surface area contributed by atoms with Crippen molar-refractivity contribution in [3.8, 4) is 0 Å². The lowest BCUT2D eigenvalue weighted by Gasteiger charge is -1.99. The van der Waals surface area contributed by atoms with Gasteiger partial charge in [0.2, 0.25) is 11.5 Å². The number of benzene rings is 1. The second kappa shape index (κ2) is 7.02. The van der Waals surface area contributed by atoms with Crippen LogP contribution in [0, 0.1) is 0 Å². The number of carbonyl (C=O) groups excluding carboxylic acids is 1. The van der Waals surface area contributed by atoms with Gasteiger partial charge in [0.15, 0.2) is 9.47 Å². The van der Waals surface area contributed by atoms with Gasteiger partial charge in [0.1, 0.15) is 6.61 Å². The van der Waals surface area contributed by atoms with Gasteiger partial charge < -0.3 is 10.6 Å². The number of hydrogen-bond acceptors (Lipinski definition) is 10. The van der Waals surface area contributed by atoms with E-state index in [4.69, 9.17) is 10.6 Å². The van der Waals surface area contributed by atoms with Gasteiger partial charge in [-0.3, -0.25) is 4.79 Å². The maximum Gasteiger partial charge on any atom is 0.252 e. The zero-order valence-electron chi connectivity index (χ0n) is 11.9. The molecule has 1 aromatic carbocycles. The van der Waals surface area contributed by atoms with Gasteiger partial charge in [-0.05, 0) is 30.8 Å². The molecule has 0 aliphatic rings. The minimum absolute atomic E-state index is 0.0315. The van der Waals surface area contributed by atoms with Crippen molar-refractivity contribution in [2.75, 3.05) is 12.3 Å². The molecule has 3 aromatic rings. The van der Waals surface area contributed by atoms with E-state index in [-0.39, 0.29) is 21.8 Å². The number of nitrogen functional groups attached to an aromatic ring is 1. The predicted octanol–water partition coefficient (Wildman–Crippen LogP) is 2.79. The molecule has 3 rings (SSSR count). The average Bonchev–Trinajstić information content (AvgIpc) is 3.13. The first-order valence-corrected chi connectivity index (χ1v) is 8.95. The number of hydrogen-bond donors (Lipinski definition) is 1. The van der Waals surface area contributed by atoms with Crippen molar-refractivity contribution in [2.24, 2.45) is 5.16 Å². The van der Waals surface area contributed by atoms with E-state index in [2.05, 4.69) is 19.5 Å². The summed E-state index contributed by atoms with van der Waals surface area (Å²) >= 11 is 3.41. The predicted molar refractivity (Wildman–Crippen MR) is 93.0 cm³/mol. The highest BCUT2D eigenvalue weighted by atomic mass is 32.2. The Kier molecular flexibility index (Phi) is 4.84. The van der Waals surface area contributed by atoms with Crippen LogP contribution in [0.15, 0.2) is 33.8 Å². The number of thiazole rings is 1. The highest BCUT2D eigenvalue weighted by molar-refractivity contribution is 8.16. The van der Waals surface area contributed by atoms with Gasteiger partial charge in [0.05, 0.1) is 10.2 Å². The van der Waals surface area contributed by atoms with Crippen molar-refractivity contribution >= 4 is 60.8 Å². The molecule has 7 nitrogen and oxygen atoms in total. The molecule has 2 heterocycles. The van der Waals surface area contributed by atoms with Gasteiger partial charge >= 0.3 is 0 Å². The molecular weight excluding hydrogens is 354 g/mol. The molecule has 0 saturated heterocycles. The van der Waals surface area contributed by atoms with Crippen molar-refractivity contribution in [1.29, 1.82) is 0 Å². The third kappa shape index (κ3) is 3.66. The molecule has 0 spiro atoms. The third-order valence-electron chi connectivity index (χ3n) is 2.59. The van der Waals surface area contributed by atoms with Crippen LogP contribution >= 0.6 is 34.6 Å². The van der Waals surface area contributed by atoms with E-state index in [9.17, 15) is 4.79 Å². The Labute approximate surface area is 143 Å². The second-order valence-electron chi connectivity index (χ2n) is 4.15. The van der Waals surface area contributed by atoms with Crippen LogP contribution in [0.2, 0.25) is 0 Å². The van der Waals surface area contributed by atoms with Crippen molar-refractivity contribution in [2.45, 2.75) is 11.3 Å². The Bertz CT molecular complexity index is 840. The quantitative estimate of drug-likeness (QED) is 0.421. The van der Waals surface area contributed by atoms with Gasteiger partial charge in [-0.15, -0.1) is 11.3 Å². The fraction of sp³-hybridized carbons (Fsp3) is 0.154. The Hall–Kier alpha value is -2.04. The van der Waals surface area contributed by atoms with E-state index in [1.54, 1.807) is 6.92 Å². The summed E-state index contributed by atoms with van der Waals surface area (Å²) < 4.78 is 5.66. The van der Waals surface area contributed by atoms with Gasteiger partial charge in [0.25, 0.3) is 5.12 Å². The summed E-state index contributed by atoms with van der Waals surface area (Å²) in [5, 5.41) is 3.75. The van der Waals surface area contributed by atoms with E-state index in [0.29, 0.717) is 10.9 Å². The van der Waals surface area contributed by atoms with Crippen LogP contribution in [0.25, 0.3) is 10.2 Å². The first-order chi connectivity index (χ1) is 11.2. The molecule has 0 unspecified atom stereocenters. The standard InChI is InChI=1S/C13H11N5O2S3/c1-2-20-17-9(10-16-12(14)23-18-10)11(19)22-13-15-7-5-3-4-6-8(7)21-13/h3-6H,2H2,1H3,(H2,14,16,18)/b17-9+. The summed E-state index contributed by atoms with van der Waals surface area (Å²) in [4.78, 5) is 25.9. The van der Waals surface area contributed by atoms with E-state index in [1.807, 2.05) is 24.3 Å². The van der Waals surface area contributed by atoms with Crippen LogP contribution in [0.5, 0.6) is 0 Å². The van der Waals surface area contributed by atoms with Crippen LogP contribution in [0.4, 0.5) is 5.13 Å². The van der Waals surface area contributed by atoms with Gasteiger partial charge in [0, 0.05) is 11.5 Å². The van der Waals surface area contributed by atoms with Crippen LogP contribution in [-0.4, -0.2) is 31.8 Å². The zero-order valence-corrected chi connectivity index (χ0v) is 14.4. The molecule has 0 aliphatic carbocycles. The Morgan fingerprint density at radius 2 is 2.22 bits per heavy atom. The van der Waals surface area contributed by atoms with E-state index in [1.165, 1.54) is 11.3 Å². The summed E-state index contributed by atoms with van der Waals surface area (Å²) in [6, 6.07) is 7.70. The lowest BCUT2D eigenvalue weighted by Crippen LogP contribution is -2.14. The summed E-state index contributed by atoms with van der Waals surface area (Å²) in [5.74, 6) is 0.166. The number of carbonyl (C=O) groups is 1. The molecule has 0 atom stereocenters. The summed E-state index contributed by atoms with van der Waals surface area (Å²) in [5.41, 5.74) is 6.45. The Morgan fingerprint density at radius 3 is 2.91 bits per heavy atom. The Morgan fingerprint density at radius 1 is 1.39 bits per heavy atom. The number of nitrogens with two attached hydrogens (primary N) is 1. The highest BCUT2D eigenvalue weighted by Gasteiger charge is 2.22. The molecule has 10 heteroatoms. The van der Waals surface area contributed by atoms with E-state index in [0.717, 1.165) is 33.5 Å². The van der Waals surface area contributed by atoms with Crippen molar-refractivity contribution in [3.05, 3.63) is 30.1 Å². The molecule has 2 aromatic heterocycles. The molecule has 0 aliphatic heterocycles. The van der Waals surface area contributed by atoms with Crippen molar-refractivity contribution in [3.63, 3.8) is 0 Å². The van der Waals surface area contributed by atoms with Crippen molar-refractivity contribution < 1.29 is 9.63 Å². The monoisotopic (exact) mass is 365 g/mol. The maximum atomic E-state index is 12.5. The topological polar surface area (TPSA) is 103 Å². The minimum atomic E-state index is -0.338. The third-order valence-corrected chi connectivity index (χ3v) is 5.10. The molecular formula is C13H11N5O2S3. The molecule has 118 valence electrons. The summed E-state index contributed by atoms with van der Waals surface area (Å²) in [7, 11) is 0. The average molecular weight is 365 g/mol. The number of nitrogens with zero attached hydrogens (tertiary/aromatic N) is 4. The van der Waals surface area contributed by atoms with Crippen LogP contribution in [0.3, 0.4) is 0 Å². The fourth-order valence-electron chi connectivity index (χ4n) is 1.65. The lowest BCUT2D eigenvalue weighted by atomic mass is 10.3. The van der Waals surface area contributed by atoms with Gasteiger partial charge in [-0.2, -0.15) is 9.36 Å². The van der Waals surface area contributed by atoms with E-state index >= 15 is 0 Å². The molecule has 0 bridgehead atoms. The SMILES string of the molecule is CCO/N=C(/C(=O)Sc1nc2ccccc2s1)c1nsc(N)n1. The second-order valence-corrected chi connectivity index (χ2v) is 7.19. The highest BCUT2D eigenvalue weighted by Crippen LogP contribution is 2.30. The molecule has 0 saturated carbocycles. The minimum Gasteiger partial charge on any atom is -0.395 e. The first-order valence-electron chi connectivity index (χ1n) is 6.54. The molecule has 0 radical (unpaired) electrons. The lowest BCUT2D eigenvalue weighted by molar-refractivity contribution is -0.105. The molecule has 23 heavy (non-hydrogen) atoms.